The van der Waals surface area contributed by atoms with Crippen LogP contribution in [0.15, 0.2) is 12.2 Å². The van der Waals surface area contributed by atoms with Gasteiger partial charge in [-0.15, -0.1) is 0 Å². The molecule has 2 atom stereocenters. The summed E-state index contributed by atoms with van der Waals surface area (Å²) in [6, 6.07) is -0.276. The zero-order valence-corrected chi connectivity index (χ0v) is 22.9. The third-order valence-electron chi connectivity index (χ3n) is 6.03. The third-order valence-corrected chi connectivity index (χ3v) is 6.03. The number of rotatable bonds is 21. The van der Waals surface area contributed by atoms with Crippen molar-refractivity contribution in [2.24, 2.45) is 0 Å². The van der Waals surface area contributed by atoms with E-state index in [1.54, 1.807) is 0 Å². The lowest BCUT2D eigenvalue weighted by atomic mass is 10.00. The van der Waals surface area contributed by atoms with E-state index in [4.69, 9.17) is 4.74 Å². The van der Waals surface area contributed by atoms with E-state index < -0.39 is 6.10 Å². The second kappa shape index (κ2) is 20.3. The highest BCUT2D eigenvalue weighted by molar-refractivity contribution is 5.77. The molecule has 1 amide bonds. The Kier molecular flexibility index (Phi) is 19.2. The van der Waals surface area contributed by atoms with E-state index in [2.05, 4.69) is 23.1 Å². The number of ether oxygens (including phenoxy) is 2. The van der Waals surface area contributed by atoms with Gasteiger partial charge in [0.1, 0.15) is 13.2 Å². The number of hydrogen-bond acceptors (Lipinski definition) is 6. The predicted molar refractivity (Wildman–Crippen MR) is 139 cm³/mol. The molecule has 0 spiro atoms. The number of carbonyl (C=O) groups excluding carboxylic acids is 3. The molecule has 0 heterocycles. The number of allylic oxidation sites excluding steroid dienone is 1. The van der Waals surface area contributed by atoms with Gasteiger partial charge in [0.25, 0.3) is 5.91 Å². The topological polar surface area (TPSA) is 102 Å². The van der Waals surface area contributed by atoms with Crippen LogP contribution in [0.25, 0.3) is 0 Å². The average Bonchev–Trinajstić information content (AvgIpc) is 2.78. The molecule has 0 bridgehead atoms. The third kappa shape index (κ3) is 20.0. The number of nitrogens with zero attached hydrogens (tertiary/aromatic N) is 1. The maximum atomic E-state index is 12.7. The van der Waals surface area contributed by atoms with Gasteiger partial charge in [-0.25, -0.2) is 0 Å². The van der Waals surface area contributed by atoms with Crippen LogP contribution >= 0.6 is 0 Å². The Bertz CT molecular complexity index is 621. The molecule has 0 saturated heterocycles. The average molecular weight is 500 g/mol. The number of aliphatic hydroxyl groups excluding tert-OH is 1. The van der Waals surface area contributed by atoms with Crippen LogP contribution in [0.4, 0.5) is 0 Å². The lowest BCUT2D eigenvalue weighted by molar-refractivity contribution is -0.882. The Hall–Kier alpha value is -1.93. The molecule has 0 rings (SSSR count). The summed E-state index contributed by atoms with van der Waals surface area (Å²) in [7, 11) is 5.27. The van der Waals surface area contributed by atoms with Crippen molar-refractivity contribution in [2.45, 2.75) is 103 Å². The van der Waals surface area contributed by atoms with Gasteiger partial charge in [-0.2, -0.15) is 0 Å². The highest BCUT2D eigenvalue weighted by Crippen LogP contribution is 2.12. The standard InChI is InChI=1S/C27H50N2O6/c1-6-7-14-17-24(28-26(32)22-29(3,4)20-21-35-23(2)30)25(31)18-15-12-10-8-9-11-13-16-19-27(33)34-5/h12,15,24-25,31H,6-11,13-14,16-22H2,1-5H3/p+1. The van der Waals surface area contributed by atoms with E-state index in [-0.39, 0.29) is 37.0 Å². The summed E-state index contributed by atoms with van der Waals surface area (Å²) in [6.45, 7) is 4.59. The lowest BCUT2D eigenvalue weighted by Crippen LogP contribution is -2.52. The van der Waals surface area contributed by atoms with Crippen LogP contribution in [0.3, 0.4) is 0 Å². The van der Waals surface area contributed by atoms with E-state index in [0.29, 0.717) is 23.9 Å². The lowest BCUT2D eigenvalue weighted by Gasteiger charge is -2.30. The maximum absolute atomic E-state index is 12.7. The number of aliphatic hydroxyl groups is 1. The van der Waals surface area contributed by atoms with Gasteiger partial charge >= 0.3 is 11.9 Å². The molecule has 8 nitrogen and oxygen atoms in total. The molecule has 8 heteroatoms. The van der Waals surface area contributed by atoms with Gasteiger partial charge in [0, 0.05) is 13.3 Å². The molecule has 0 saturated carbocycles. The van der Waals surface area contributed by atoms with Crippen molar-refractivity contribution < 1.29 is 33.4 Å². The quantitative estimate of drug-likeness (QED) is 0.107. The van der Waals surface area contributed by atoms with Crippen molar-refractivity contribution in [3.8, 4) is 0 Å². The summed E-state index contributed by atoms with van der Waals surface area (Å²) >= 11 is 0. The van der Waals surface area contributed by atoms with Crippen molar-refractivity contribution in [1.29, 1.82) is 0 Å². The molecule has 0 aliphatic carbocycles. The minimum absolute atomic E-state index is 0.102. The molecule has 204 valence electrons. The minimum Gasteiger partial charge on any atom is -0.469 e. The Balaban J connectivity index is 4.40. The number of nitrogens with one attached hydrogen (secondary N) is 1. The zero-order chi connectivity index (χ0) is 26.5. The Morgan fingerprint density at radius 3 is 2.34 bits per heavy atom. The number of carbonyl (C=O) groups is 3. The van der Waals surface area contributed by atoms with Gasteiger partial charge in [0.2, 0.25) is 0 Å². The number of quaternary nitrogens is 1. The van der Waals surface area contributed by atoms with Crippen LogP contribution in [-0.2, 0) is 23.9 Å². The van der Waals surface area contributed by atoms with Crippen molar-refractivity contribution in [3.05, 3.63) is 12.2 Å². The first-order valence-corrected chi connectivity index (χ1v) is 13.3. The molecule has 0 aliphatic heterocycles. The molecule has 0 radical (unpaired) electrons. The predicted octanol–water partition coefficient (Wildman–Crippen LogP) is 3.90. The van der Waals surface area contributed by atoms with E-state index in [9.17, 15) is 19.5 Å². The van der Waals surface area contributed by atoms with Crippen molar-refractivity contribution in [2.75, 3.05) is 40.9 Å². The van der Waals surface area contributed by atoms with E-state index >= 15 is 0 Å². The fourth-order valence-corrected chi connectivity index (χ4v) is 3.81. The van der Waals surface area contributed by atoms with Crippen LogP contribution in [0.5, 0.6) is 0 Å². The first-order chi connectivity index (χ1) is 16.6. The number of likely N-dealkylation sites (N-methyl/N-ethyl adjacent to an activating group) is 1. The summed E-state index contributed by atoms with van der Waals surface area (Å²) in [4.78, 5) is 34.7. The van der Waals surface area contributed by atoms with Crippen LogP contribution in [0.1, 0.15) is 90.9 Å². The summed E-state index contributed by atoms with van der Waals surface area (Å²) in [5.74, 6) is -0.565. The fourth-order valence-electron chi connectivity index (χ4n) is 3.81. The van der Waals surface area contributed by atoms with Crippen LogP contribution < -0.4 is 5.32 Å². The highest BCUT2D eigenvalue weighted by atomic mass is 16.5. The van der Waals surface area contributed by atoms with Gasteiger partial charge in [-0.3, -0.25) is 14.4 Å². The van der Waals surface area contributed by atoms with Gasteiger partial charge in [0.15, 0.2) is 6.54 Å². The Morgan fingerprint density at radius 2 is 1.69 bits per heavy atom. The monoisotopic (exact) mass is 499 g/mol. The van der Waals surface area contributed by atoms with Crippen LogP contribution in [0, 0.1) is 0 Å². The second-order valence-electron chi connectivity index (χ2n) is 9.98. The second-order valence-corrected chi connectivity index (χ2v) is 9.98. The first-order valence-electron chi connectivity index (χ1n) is 13.3. The smallest absolute Gasteiger partial charge is 0.305 e. The molecule has 0 fully saturated rings. The molecule has 0 aromatic rings. The molecule has 0 aromatic heterocycles. The maximum Gasteiger partial charge on any atom is 0.305 e. The molecule has 2 N–H and O–H groups in total. The summed E-state index contributed by atoms with van der Waals surface area (Å²) in [6.07, 6.45) is 14.6. The van der Waals surface area contributed by atoms with Crippen molar-refractivity contribution >= 4 is 17.8 Å². The van der Waals surface area contributed by atoms with Crippen molar-refractivity contribution in [3.63, 3.8) is 0 Å². The normalized spacial score (nSPS) is 13.4. The Morgan fingerprint density at radius 1 is 1.00 bits per heavy atom. The largest absolute Gasteiger partial charge is 0.469 e. The summed E-state index contributed by atoms with van der Waals surface area (Å²) < 4.78 is 10.0. The number of unbranched alkanes of at least 4 members (excludes halogenated alkanes) is 7. The summed E-state index contributed by atoms with van der Waals surface area (Å²) in [5, 5.41) is 13.8. The number of methoxy groups -OCH3 is 1. The van der Waals surface area contributed by atoms with Crippen molar-refractivity contribution in [1.82, 2.24) is 5.32 Å². The van der Waals surface area contributed by atoms with Gasteiger partial charge in [0.05, 0.1) is 33.4 Å². The van der Waals surface area contributed by atoms with E-state index in [1.165, 1.54) is 14.0 Å². The van der Waals surface area contributed by atoms with Crippen LogP contribution in [-0.4, -0.2) is 80.5 Å². The van der Waals surface area contributed by atoms with Gasteiger partial charge < -0.3 is 24.4 Å². The zero-order valence-electron chi connectivity index (χ0n) is 22.9. The molecule has 35 heavy (non-hydrogen) atoms. The fraction of sp³-hybridized carbons (Fsp3) is 0.815. The number of esters is 2. The van der Waals surface area contributed by atoms with Crippen LogP contribution in [0.2, 0.25) is 0 Å². The highest BCUT2D eigenvalue weighted by Gasteiger charge is 2.25. The molecular weight excluding hydrogens is 448 g/mol. The van der Waals surface area contributed by atoms with E-state index in [1.807, 2.05) is 20.2 Å². The molecule has 0 aromatic carbocycles. The number of hydrogen-bond donors (Lipinski definition) is 2. The van der Waals surface area contributed by atoms with Gasteiger partial charge in [-0.05, 0) is 32.1 Å². The van der Waals surface area contributed by atoms with E-state index in [0.717, 1.165) is 64.2 Å². The molecular formula is C27H51N2O6+. The molecule has 2 unspecified atom stereocenters. The van der Waals surface area contributed by atoms with Gasteiger partial charge in [-0.1, -0.05) is 57.6 Å². The molecule has 0 aliphatic rings. The minimum atomic E-state index is -0.623. The number of amides is 1. The SMILES string of the molecule is CCCCCC(NC(=O)C[N+](C)(C)CCOC(C)=O)C(O)CC=CCCCCCCCC(=O)OC. The Labute approximate surface area is 213 Å². The summed E-state index contributed by atoms with van der Waals surface area (Å²) in [5.41, 5.74) is 0. The first kappa shape index (κ1) is 33.1.